The molecule has 0 bridgehead atoms. The quantitative estimate of drug-likeness (QED) is 0.853. The highest BCUT2D eigenvalue weighted by Crippen LogP contribution is 2.33. The lowest BCUT2D eigenvalue weighted by molar-refractivity contribution is -0.193. The molecule has 2 N–H and O–H groups in total. The maximum Gasteiger partial charge on any atom is 0.422 e. The Labute approximate surface area is 106 Å². The van der Waals surface area contributed by atoms with E-state index in [9.17, 15) is 18.0 Å². The van der Waals surface area contributed by atoms with Gasteiger partial charge < -0.3 is 15.2 Å². The van der Waals surface area contributed by atoms with Crippen molar-refractivity contribution in [2.45, 2.75) is 25.6 Å². The van der Waals surface area contributed by atoms with Crippen LogP contribution in [0.5, 0.6) is 5.88 Å². The van der Waals surface area contributed by atoms with E-state index in [0.717, 1.165) is 6.20 Å². The molecule has 0 aliphatic rings. The first-order chi connectivity index (χ1) is 8.70. The SMILES string of the molecule is CCOc1cncc(NC(C)(C(=O)O)C(F)(F)F)n1. The fraction of sp³-hybridized carbons (Fsp3) is 0.500. The van der Waals surface area contributed by atoms with Crippen molar-refractivity contribution < 1.29 is 27.8 Å². The third kappa shape index (κ3) is 3.24. The van der Waals surface area contributed by atoms with Crippen LogP contribution in [0.15, 0.2) is 12.4 Å². The molecule has 0 saturated heterocycles. The van der Waals surface area contributed by atoms with Crippen LogP contribution in [0.4, 0.5) is 19.0 Å². The van der Waals surface area contributed by atoms with Crippen LogP contribution in [-0.4, -0.2) is 39.4 Å². The number of carboxylic acid groups (broad SMARTS) is 1. The molecule has 0 aromatic carbocycles. The minimum atomic E-state index is -5.00. The molecule has 0 aliphatic heterocycles. The monoisotopic (exact) mass is 279 g/mol. The minimum Gasteiger partial charge on any atom is -0.479 e. The number of halogens is 3. The van der Waals surface area contributed by atoms with Gasteiger partial charge in [-0.1, -0.05) is 0 Å². The van der Waals surface area contributed by atoms with Crippen molar-refractivity contribution in [1.82, 2.24) is 9.97 Å². The van der Waals surface area contributed by atoms with E-state index in [1.54, 1.807) is 6.92 Å². The van der Waals surface area contributed by atoms with Crippen molar-refractivity contribution in [2.75, 3.05) is 11.9 Å². The number of carbonyl (C=O) groups is 1. The van der Waals surface area contributed by atoms with Gasteiger partial charge in [0.25, 0.3) is 0 Å². The Morgan fingerprint density at radius 3 is 2.58 bits per heavy atom. The molecule has 1 rings (SSSR count). The topological polar surface area (TPSA) is 84.3 Å². The summed E-state index contributed by atoms with van der Waals surface area (Å²) in [7, 11) is 0. The van der Waals surface area contributed by atoms with Crippen LogP contribution >= 0.6 is 0 Å². The molecule has 1 unspecified atom stereocenters. The van der Waals surface area contributed by atoms with Gasteiger partial charge in [-0.2, -0.15) is 18.2 Å². The molecular formula is C10H12F3N3O3. The van der Waals surface area contributed by atoms with E-state index in [1.165, 1.54) is 6.20 Å². The van der Waals surface area contributed by atoms with E-state index in [0.29, 0.717) is 6.92 Å². The van der Waals surface area contributed by atoms with E-state index in [2.05, 4.69) is 9.97 Å². The Balaban J connectivity index is 3.04. The summed E-state index contributed by atoms with van der Waals surface area (Å²) in [5.74, 6) is -2.40. The van der Waals surface area contributed by atoms with Crippen LogP contribution < -0.4 is 10.1 Å². The summed E-state index contributed by atoms with van der Waals surface area (Å²) in [6, 6.07) is 0. The molecule has 0 fully saturated rings. The predicted molar refractivity (Wildman–Crippen MR) is 58.9 cm³/mol. The molecule has 1 aromatic rings. The molecule has 0 radical (unpaired) electrons. The van der Waals surface area contributed by atoms with Crippen LogP contribution in [0, 0.1) is 0 Å². The van der Waals surface area contributed by atoms with Gasteiger partial charge in [-0.15, -0.1) is 0 Å². The first-order valence-electron chi connectivity index (χ1n) is 5.24. The highest BCUT2D eigenvalue weighted by Gasteiger charge is 2.57. The summed E-state index contributed by atoms with van der Waals surface area (Å²) in [5.41, 5.74) is -3.16. The second-order valence-corrected chi connectivity index (χ2v) is 3.73. The lowest BCUT2D eigenvalue weighted by Crippen LogP contribution is -2.55. The van der Waals surface area contributed by atoms with Crippen molar-refractivity contribution in [3.63, 3.8) is 0 Å². The Morgan fingerprint density at radius 1 is 1.47 bits per heavy atom. The van der Waals surface area contributed by atoms with E-state index in [4.69, 9.17) is 9.84 Å². The average molecular weight is 279 g/mol. The van der Waals surface area contributed by atoms with Crippen molar-refractivity contribution in [1.29, 1.82) is 0 Å². The summed E-state index contributed by atoms with van der Waals surface area (Å²) in [6.45, 7) is 2.43. The van der Waals surface area contributed by atoms with Gasteiger partial charge in [0, 0.05) is 0 Å². The number of aliphatic carboxylic acids is 1. The number of aromatic nitrogens is 2. The third-order valence-electron chi connectivity index (χ3n) is 2.28. The average Bonchev–Trinajstić information content (AvgIpc) is 2.28. The third-order valence-corrected chi connectivity index (χ3v) is 2.28. The molecule has 0 amide bonds. The van der Waals surface area contributed by atoms with E-state index in [1.807, 2.05) is 5.32 Å². The molecule has 0 saturated carbocycles. The van der Waals surface area contributed by atoms with Crippen molar-refractivity contribution in [2.24, 2.45) is 0 Å². The summed E-state index contributed by atoms with van der Waals surface area (Å²) >= 11 is 0. The number of ether oxygens (including phenoxy) is 1. The van der Waals surface area contributed by atoms with Gasteiger partial charge in [0.2, 0.25) is 11.4 Å². The van der Waals surface area contributed by atoms with Gasteiger partial charge in [-0.25, -0.2) is 4.79 Å². The molecule has 106 valence electrons. The first kappa shape index (κ1) is 15.0. The van der Waals surface area contributed by atoms with Crippen LogP contribution in [-0.2, 0) is 4.79 Å². The van der Waals surface area contributed by atoms with Gasteiger partial charge in [0.05, 0.1) is 19.0 Å². The van der Waals surface area contributed by atoms with Gasteiger partial charge in [-0.3, -0.25) is 4.98 Å². The van der Waals surface area contributed by atoms with Gasteiger partial charge in [0.1, 0.15) is 5.82 Å². The zero-order valence-electron chi connectivity index (χ0n) is 10.2. The predicted octanol–water partition coefficient (Wildman–Crippen LogP) is 1.69. The largest absolute Gasteiger partial charge is 0.479 e. The Kier molecular flexibility index (Phi) is 4.17. The summed E-state index contributed by atoms with van der Waals surface area (Å²) in [5, 5.41) is 10.6. The van der Waals surface area contributed by atoms with Crippen molar-refractivity contribution in [3.8, 4) is 5.88 Å². The highest BCUT2D eigenvalue weighted by atomic mass is 19.4. The maximum absolute atomic E-state index is 12.8. The fourth-order valence-electron chi connectivity index (χ4n) is 1.13. The minimum absolute atomic E-state index is 0.00223. The highest BCUT2D eigenvalue weighted by molar-refractivity contribution is 5.83. The lowest BCUT2D eigenvalue weighted by Gasteiger charge is -2.28. The second-order valence-electron chi connectivity index (χ2n) is 3.73. The molecule has 1 aromatic heterocycles. The summed E-state index contributed by atoms with van der Waals surface area (Å²) in [6.07, 6.45) is -2.81. The Hall–Kier alpha value is -2.06. The van der Waals surface area contributed by atoms with Gasteiger partial charge in [-0.05, 0) is 13.8 Å². The van der Waals surface area contributed by atoms with Crippen LogP contribution in [0.2, 0.25) is 0 Å². The molecule has 1 heterocycles. The maximum atomic E-state index is 12.8. The number of rotatable bonds is 5. The van der Waals surface area contributed by atoms with Gasteiger partial charge >= 0.3 is 12.1 Å². The smallest absolute Gasteiger partial charge is 0.422 e. The lowest BCUT2D eigenvalue weighted by atomic mass is 10.0. The number of nitrogens with zero attached hydrogens (tertiary/aromatic N) is 2. The fourth-order valence-corrected chi connectivity index (χ4v) is 1.13. The number of hydrogen-bond acceptors (Lipinski definition) is 5. The van der Waals surface area contributed by atoms with Gasteiger partial charge in [0.15, 0.2) is 0 Å². The molecule has 9 heteroatoms. The molecule has 0 spiro atoms. The van der Waals surface area contributed by atoms with Crippen molar-refractivity contribution >= 4 is 11.8 Å². The molecule has 19 heavy (non-hydrogen) atoms. The number of alkyl halides is 3. The van der Waals surface area contributed by atoms with E-state index >= 15 is 0 Å². The number of nitrogens with one attached hydrogen (secondary N) is 1. The molecule has 1 atom stereocenters. The second kappa shape index (κ2) is 5.29. The van der Waals surface area contributed by atoms with Crippen LogP contribution in [0.3, 0.4) is 0 Å². The van der Waals surface area contributed by atoms with Crippen LogP contribution in [0.1, 0.15) is 13.8 Å². The standard InChI is InChI=1S/C10H12F3N3O3/c1-3-19-7-5-14-4-6(15-7)16-9(2,8(17)18)10(11,12)13/h4-5H,3H2,1-2H3,(H,15,16)(H,17,18). The Bertz CT molecular complexity index is 467. The zero-order chi connectivity index (χ0) is 14.7. The normalized spacial score (nSPS) is 14.6. The van der Waals surface area contributed by atoms with Crippen LogP contribution in [0.25, 0.3) is 0 Å². The molecule has 0 aliphatic carbocycles. The summed E-state index contributed by atoms with van der Waals surface area (Å²) in [4.78, 5) is 18.1. The van der Waals surface area contributed by atoms with Crippen molar-refractivity contribution in [3.05, 3.63) is 12.4 Å². The number of anilines is 1. The number of carboxylic acids is 1. The van der Waals surface area contributed by atoms with E-state index < -0.39 is 17.7 Å². The summed E-state index contributed by atoms with van der Waals surface area (Å²) < 4.78 is 43.3. The zero-order valence-corrected chi connectivity index (χ0v) is 10.2. The first-order valence-corrected chi connectivity index (χ1v) is 5.24. The Morgan fingerprint density at radius 2 is 2.11 bits per heavy atom. The molecule has 6 nitrogen and oxygen atoms in total. The number of hydrogen-bond donors (Lipinski definition) is 2. The molecular weight excluding hydrogens is 267 g/mol. The van der Waals surface area contributed by atoms with E-state index in [-0.39, 0.29) is 18.3 Å².